The SMILES string of the molecule is C=CCNCC(=O)N1CC(O)(C(C)C)C1. The summed E-state index contributed by atoms with van der Waals surface area (Å²) in [4.78, 5) is 13.2. The molecule has 1 aliphatic rings. The summed E-state index contributed by atoms with van der Waals surface area (Å²) in [5.74, 6) is 0.241. The van der Waals surface area contributed by atoms with Crippen molar-refractivity contribution in [3.63, 3.8) is 0 Å². The van der Waals surface area contributed by atoms with Crippen LogP contribution in [0.15, 0.2) is 12.7 Å². The van der Waals surface area contributed by atoms with Crippen molar-refractivity contribution in [2.24, 2.45) is 5.92 Å². The van der Waals surface area contributed by atoms with Crippen LogP contribution in [0.3, 0.4) is 0 Å². The third-order valence-electron chi connectivity index (χ3n) is 2.92. The Morgan fingerprint density at radius 2 is 2.27 bits per heavy atom. The lowest BCUT2D eigenvalue weighted by atomic mass is 9.83. The third kappa shape index (κ3) is 2.79. The molecular weight excluding hydrogens is 192 g/mol. The Balaban J connectivity index is 2.26. The van der Waals surface area contributed by atoms with Crippen molar-refractivity contribution >= 4 is 5.91 Å². The van der Waals surface area contributed by atoms with Crippen LogP contribution in [0.1, 0.15) is 13.8 Å². The molecule has 1 amide bonds. The summed E-state index contributed by atoms with van der Waals surface area (Å²) >= 11 is 0. The van der Waals surface area contributed by atoms with E-state index >= 15 is 0 Å². The summed E-state index contributed by atoms with van der Waals surface area (Å²) in [5.41, 5.74) is -0.673. The zero-order valence-electron chi connectivity index (χ0n) is 9.49. The quantitative estimate of drug-likeness (QED) is 0.498. The van der Waals surface area contributed by atoms with Crippen LogP contribution in [0.25, 0.3) is 0 Å². The maximum absolute atomic E-state index is 11.5. The molecule has 1 fully saturated rings. The van der Waals surface area contributed by atoms with Gasteiger partial charge in [0.1, 0.15) is 5.60 Å². The molecule has 0 aliphatic carbocycles. The summed E-state index contributed by atoms with van der Waals surface area (Å²) < 4.78 is 0. The minimum Gasteiger partial charge on any atom is -0.386 e. The second-order valence-corrected chi connectivity index (χ2v) is 4.43. The highest BCUT2D eigenvalue weighted by Gasteiger charge is 2.45. The van der Waals surface area contributed by atoms with Gasteiger partial charge in [-0.2, -0.15) is 0 Å². The van der Waals surface area contributed by atoms with Crippen molar-refractivity contribution in [1.82, 2.24) is 10.2 Å². The zero-order valence-corrected chi connectivity index (χ0v) is 9.49. The molecule has 0 saturated carbocycles. The van der Waals surface area contributed by atoms with E-state index in [0.717, 1.165) is 0 Å². The van der Waals surface area contributed by atoms with Gasteiger partial charge in [-0.1, -0.05) is 19.9 Å². The van der Waals surface area contributed by atoms with Crippen molar-refractivity contribution in [1.29, 1.82) is 0 Å². The highest BCUT2D eigenvalue weighted by Crippen LogP contribution is 2.28. The molecule has 0 bridgehead atoms. The molecule has 86 valence electrons. The Kier molecular flexibility index (Phi) is 3.88. The lowest BCUT2D eigenvalue weighted by Crippen LogP contribution is -2.66. The summed E-state index contributed by atoms with van der Waals surface area (Å²) in [6, 6.07) is 0. The average molecular weight is 212 g/mol. The lowest BCUT2D eigenvalue weighted by Gasteiger charge is -2.49. The largest absolute Gasteiger partial charge is 0.386 e. The number of amides is 1. The van der Waals surface area contributed by atoms with Crippen molar-refractivity contribution in [2.45, 2.75) is 19.4 Å². The van der Waals surface area contributed by atoms with Gasteiger partial charge in [-0.15, -0.1) is 6.58 Å². The molecule has 0 radical (unpaired) electrons. The van der Waals surface area contributed by atoms with E-state index < -0.39 is 5.60 Å². The number of β-amino-alcohol motifs (C(OH)–C–C–N with tert-alkyl or cyclic N) is 1. The van der Waals surface area contributed by atoms with Crippen molar-refractivity contribution < 1.29 is 9.90 Å². The Labute approximate surface area is 91.0 Å². The zero-order chi connectivity index (χ0) is 11.5. The van der Waals surface area contributed by atoms with Crippen molar-refractivity contribution in [3.05, 3.63) is 12.7 Å². The standard InChI is InChI=1S/C11H20N2O2/c1-4-5-12-6-10(14)13-7-11(15,8-13)9(2)3/h4,9,12,15H,1,5-8H2,2-3H3. The molecule has 0 aromatic carbocycles. The number of hydrogen-bond donors (Lipinski definition) is 2. The van der Waals surface area contributed by atoms with E-state index in [1.807, 2.05) is 13.8 Å². The van der Waals surface area contributed by atoms with Gasteiger partial charge in [-0.3, -0.25) is 4.79 Å². The van der Waals surface area contributed by atoms with Gasteiger partial charge in [-0.25, -0.2) is 0 Å². The number of carbonyl (C=O) groups excluding carboxylic acids is 1. The lowest BCUT2D eigenvalue weighted by molar-refractivity contribution is -0.162. The van der Waals surface area contributed by atoms with Crippen LogP contribution >= 0.6 is 0 Å². The van der Waals surface area contributed by atoms with Gasteiger partial charge in [0.2, 0.25) is 5.91 Å². The van der Waals surface area contributed by atoms with E-state index in [0.29, 0.717) is 26.2 Å². The van der Waals surface area contributed by atoms with Gasteiger partial charge in [0, 0.05) is 6.54 Å². The van der Waals surface area contributed by atoms with E-state index in [2.05, 4.69) is 11.9 Å². The topological polar surface area (TPSA) is 52.6 Å². The summed E-state index contributed by atoms with van der Waals surface area (Å²) in [6.45, 7) is 9.36. The summed E-state index contributed by atoms with van der Waals surface area (Å²) in [5, 5.41) is 12.9. The summed E-state index contributed by atoms with van der Waals surface area (Å²) in [7, 11) is 0. The fourth-order valence-corrected chi connectivity index (χ4v) is 1.55. The minimum absolute atomic E-state index is 0.0437. The molecule has 1 saturated heterocycles. The van der Waals surface area contributed by atoms with E-state index in [4.69, 9.17) is 0 Å². The molecule has 0 spiro atoms. The Morgan fingerprint density at radius 3 is 2.73 bits per heavy atom. The van der Waals surface area contributed by atoms with E-state index in [9.17, 15) is 9.90 Å². The number of carbonyl (C=O) groups is 1. The molecule has 1 heterocycles. The first-order valence-corrected chi connectivity index (χ1v) is 5.31. The summed E-state index contributed by atoms with van der Waals surface area (Å²) in [6.07, 6.45) is 1.72. The number of likely N-dealkylation sites (tertiary alicyclic amines) is 1. The van der Waals surface area contributed by atoms with Crippen LogP contribution in [0, 0.1) is 5.92 Å². The predicted octanol–water partition coefficient (Wildman–Crippen LogP) is -0.00870. The Hall–Kier alpha value is -0.870. The van der Waals surface area contributed by atoms with Crippen LogP contribution in [0.5, 0.6) is 0 Å². The van der Waals surface area contributed by atoms with Crippen LogP contribution in [-0.2, 0) is 4.79 Å². The van der Waals surface area contributed by atoms with Gasteiger partial charge < -0.3 is 15.3 Å². The second-order valence-electron chi connectivity index (χ2n) is 4.43. The highest BCUT2D eigenvalue weighted by molar-refractivity contribution is 5.79. The van der Waals surface area contributed by atoms with Crippen LogP contribution < -0.4 is 5.32 Å². The third-order valence-corrected chi connectivity index (χ3v) is 2.92. The van der Waals surface area contributed by atoms with E-state index in [1.165, 1.54) is 0 Å². The maximum atomic E-state index is 11.5. The number of hydrogen-bond acceptors (Lipinski definition) is 3. The van der Waals surface area contributed by atoms with Crippen LogP contribution in [0.2, 0.25) is 0 Å². The fraction of sp³-hybridized carbons (Fsp3) is 0.727. The normalized spacial score (nSPS) is 18.8. The first kappa shape index (κ1) is 12.2. The fourth-order valence-electron chi connectivity index (χ4n) is 1.55. The van der Waals surface area contributed by atoms with Crippen LogP contribution in [-0.4, -0.2) is 47.7 Å². The molecule has 0 aromatic rings. The second kappa shape index (κ2) is 4.77. The molecule has 0 aromatic heterocycles. The molecule has 1 rings (SSSR count). The van der Waals surface area contributed by atoms with Gasteiger partial charge in [0.15, 0.2) is 0 Å². The number of nitrogens with zero attached hydrogens (tertiary/aromatic N) is 1. The first-order chi connectivity index (χ1) is 6.99. The van der Waals surface area contributed by atoms with Gasteiger partial charge in [-0.05, 0) is 5.92 Å². The minimum atomic E-state index is -0.673. The first-order valence-electron chi connectivity index (χ1n) is 5.31. The molecule has 0 unspecified atom stereocenters. The number of nitrogens with one attached hydrogen (secondary N) is 1. The van der Waals surface area contributed by atoms with E-state index in [1.54, 1.807) is 11.0 Å². The number of aliphatic hydroxyl groups is 1. The Morgan fingerprint density at radius 1 is 1.67 bits per heavy atom. The monoisotopic (exact) mass is 212 g/mol. The van der Waals surface area contributed by atoms with Gasteiger partial charge in [0.25, 0.3) is 0 Å². The van der Waals surface area contributed by atoms with Crippen LogP contribution in [0.4, 0.5) is 0 Å². The average Bonchev–Trinajstić information content (AvgIpc) is 2.12. The Bertz CT molecular complexity index is 245. The molecule has 0 atom stereocenters. The number of rotatable bonds is 5. The molecule has 4 nitrogen and oxygen atoms in total. The molecule has 4 heteroatoms. The molecule has 15 heavy (non-hydrogen) atoms. The molecule has 1 aliphatic heterocycles. The highest BCUT2D eigenvalue weighted by atomic mass is 16.3. The molecule has 2 N–H and O–H groups in total. The van der Waals surface area contributed by atoms with Crippen molar-refractivity contribution in [2.75, 3.05) is 26.2 Å². The van der Waals surface area contributed by atoms with Gasteiger partial charge in [0.05, 0.1) is 19.6 Å². The molecular formula is C11H20N2O2. The predicted molar refractivity (Wildman–Crippen MR) is 59.4 cm³/mol. The maximum Gasteiger partial charge on any atom is 0.236 e. The van der Waals surface area contributed by atoms with Crippen molar-refractivity contribution in [3.8, 4) is 0 Å². The van der Waals surface area contributed by atoms with Gasteiger partial charge >= 0.3 is 0 Å². The smallest absolute Gasteiger partial charge is 0.236 e. The van der Waals surface area contributed by atoms with E-state index in [-0.39, 0.29) is 11.8 Å².